The van der Waals surface area contributed by atoms with Crippen LogP contribution in [0.25, 0.3) is 0 Å². The quantitative estimate of drug-likeness (QED) is 0.791. The Hall–Kier alpha value is -1.43. The second-order valence-electron chi connectivity index (χ2n) is 2.45. The third-order valence-corrected chi connectivity index (χ3v) is 1.96. The van der Waals surface area contributed by atoms with E-state index in [1.54, 1.807) is 0 Å². The molecular weight excluding hydrogens is 216 g/mol. The molecule has 0 aliphatic heterocycles. The molecule has 0 radical (unpaired) electrons. The molecule has 4 nitrogen and oxygen atoms in total. The van der Waals surface area contributed by atoms with E-state index in [1.807, 2.05) is 0 Å². The molecule has 7 heteroatoms. The highest BCUT2D eigenvalue weighted by Crippen LogP contribution is 2.30. The number of primary amides is 1. The van der Waals surface area contributed by atoms with Gasteiger partial charge in [0.25, 0.3) is 12.3 Å². The molecule has 1 heterocycles. The lowest BCUT2D eigenvalue weighted by Crippen LogP contribution is -2.16. The Morgan fingerprint density at radius 3 is 2.57 bits per heavy atom. The van der Waals surface area contributed by atoms with Crippen LogP contribution in [0.5, 0.6) is 0 Å². The van der Waals surface area contributed by atoms with Gasteiger partial charge in [-0.05, 0) is 0 Å². The molecule has 1 aromatic heterocycles. The Labute approximate surface area is 82.9 Å². The number of nitrogens with zero attached hydrogens (tertiary/aromatic N) is 1. The third kappa shape index (κ3) is 1.74. The van der Waals surface area contributed by atoms with E-state index in [-0.39, 0.29) is 11.4 Å². The van der Waals surface area contributed by atoms with Crippen LogP contribution in [0, 0.1) is 0 Å². The fourth-order valence-corrected chi connectivity index (χ4v) is 1.22. The summed E-state index contributed by atoms with van der Waals surface area (Å²) in [4.78, 5) is 14.2. The monoisotopic (exact) mass is 221 g/mol. The van der Waals surface area contributed by atoms with Gasteiger partial charge in [0, 0.05) is 6.20 Å². The molecule has 0 aromatic carbocycles. The molecule has 0 spiro atoms. The molecule has 0 aliphatic carbocycles. The molecule has 1 aromatic rings. The minimum absolute atomic E-state index is 0.257. The highest BCUT2D eigenvalue weighted by molar-refractivity contribution is 6.35. The Balaban J connectivity index is 3.41. The van der Waals surface area contributed by atoms with E-state index in [4.69, 9.17) is 23.1 Å². The van der Waals surface area contributed by atoms with Crippen LogP contribution in [-0.2, 0) is 0 Å². The molecule has 76 valence electrons. The van der Waals surface area contributed by atoms with Gasteiger partial charge in [-0.1, -0.05) is 11.6 Å². The Kier molecular flexibility index (Phi) is 2.85. The number of carbonyl (C=O) groups is 1. The highest BCUT2D eigenvalue weighted by Gasteiger charge is 2.20. The van der Waals surface area contributed by atoms with Crippen LogP contribution >= 0.6 is 11.6 Å². The fraction of sp³-hybridized carbons (Fsp3) is 0.143. The van der Waals surface area contributed by atoms with Crippen LogP contribution in [0.4, 0.5) is 14.6 Å². The van der Waals surface area contributed by atoms with E-state index in [0.29, 0.717) is 0 Å². The lowest BCUT2D eigenvalue weighted by atomic mass is 10.2. The van der Waals surface area contributed by atoms with E-state index in [9.17, 15) is 13.6 Å². The number of carbonyl (C=O) groups excluding carboxylic acids is 1. The zero-order chi connectivity index (χ0) is 10.9. The first-order chi connectivity index (χ1) is 6.45. The topological polar surface area (TPSA) is 82.0 Å². The van der Waals surface area contributed by atoms with Crippen molar-refractivity contribution in [3.05, 3.63) is 22.3 Å². The van der Waals surface area contributed by atoms with Crippen LogP contribution in [0.3, 0.4) is 0 Å². The minimum Gasteiger partial charge on any atom is -0.383 e. The summed E-state index contributed by atoms with van der Waals surface area (Å²) >= 11 is 5.50. The van der Waals surface area contributed by atoms with Crippen molar-refractivity contribution in [1.29, 1.82) is 0 Å². The van der Waals surface area contributed by atoms with Crippen LogP contribution in [0.2, 0.25) is 5.02 Å². The fourth-order valence-electron chi connectivity index (χ4n) is 0.904. The molecule has 0 atom stereocenters. The van der Waals surface area contributed by atoms with E-state index in [1.165, 1.54) is 0 Å². The van der Waals surface area contributed by atoms with Crippen molar-refractivity contribution in [2.75, 3.05) is 5.73 Å². The van der Waals surface area contributed by atoms with Crippen molar-refractivity contribution in [3.63, 3.8) is 0 Å². The molecule has 0 bridgehead atoms. The highest BCUT2D eigenvalue weighted by atomic mass is 35.5. The third-order valence-electron chi connectivity index (χ3n) is 1.55. The van der Waals surface area contributed by atoms with Crippen LogP contribution in [-0.4, -0.2) is 10.9 Å². The first-order valence-corrected chi connectivity index (χ1v) is 3.84. The molecule has 0 saturated heterocycles. The predicted octanol–water partition coefficient (Wildman–Crippen LogP) is 1.35. The van der Waals surface area contributed by atoms with Crippen LogP contribution in [0.1, 0.15) is 22.3 Å². The van der Waals surface area contributed by atoms with E-state index in [2.05, 4.69) is 4.98 Å². The second kappa shape index (κ2) is 3.75. The Morgan fingerprint density at radius 1 is 1.57 bits per heavy atom. The largest absolute Gasteiger partial charge is 0.383 e. The van der Waals surface area contributed by atoms with Crippen LogP contribution in [0.15, 0.2) is 6.20 Å². The summed E-state index contributed by atoms with van der Waals surface area (Å²) in [5.74, 6) is -1.24. The number of amides is 1. The average molecular weight is 222 g/mol. The molecule has 0 aliphatic rings. The van der Waals surface area contributed by atoms with Crippen molar-refractivity contribution < 1.29 is 13.6 Å². The minimum atomic E-state index is -2.83. The van der Waals surface area contributed by atoms with Crippen LogP contribution < -0.4 is 11.5 Å². The Morgan fingerprint density at radius 2 is 2.14 bits per heavy atom. The number of nitrogens with two attached hydrogens (primary N) is 2. The molecule has 14 heavy (non-hydrogen) atoms. The van der Waals surface area contributed by atoms with Gasteiger partial charge in [-0.25, -0.2) is 13.8 Å². The number of alkyl halides is 2. The molecule has 1 amide bonds. The first-order valence-electron chi connectivity index (χ1n) is 3.47. The molecule has 0 unspecified atom stereocenters. The number of rotatable bonds is 2. The van der Waals surface area contributed by atoms with Gasteiger partial charge in [0.15, 0.2) is 0 Å². The summed E-state index contributed by atoms with van der Waals surface area (Å²) in [5, 5.41) is -0.444. The second-order valence-corrected chi connectivity index (χ2v) is 2.83. The SMILES string of the molecule is NC(=O)c1c(N)ncc(C(F)F)c1Cl. The number of hydrogen-bond acceptors (Lipinski definition) is 3. The standard InChI is InChI=1S/C7H6ClF2N3O/c8-4-2(5(9)10)1-13-6(11)3(4)7(12)14/h1,5H,(H2,11,13)(H2,12,14). The average Bonchev–Trinajstić information content (AvgIpc) is 2.02. The predicted molar refractivity (Wildman–Crippen MR) is 47.1 cm³/mol. The normalized spacial score (nSPS) is 10.6. The van der Waals surface area contributed by atoms with Crippen molar-refractivity contribution in [3.8, 4) is 0 Å². The summed E-state index contributed by atoms with van der Waals surface area (Å²) in [5.41, 5.74) is 9.21. The van der Waals surface area contributed by atoms with Gasteiger partial charge in [-0.2, -0.15) is 0 Å². The Bertz CT molecular complexity index is 383. The summed E-state index contributed by atoms with van der Waals surface area (Å²) in [6.45, 7) is 0. The zero-order valence-corrected chi connectivity index (χ0v) is 7.55. The van der Waals surface area contributed by atoms with Gasteiger partial charge in [-0.15, -0.1) is 0 Å². The zero-order valence-electron chi connectivity index (χ0n) is 6.80. The summed E-state index contributed by atoms with van der Waals surface area (Å²) < 4.78 is 24.6. The maximum atomic E-state index is 12.3. The summed E-state index contributed by atoms with van der Waals surface area (Å²) in [7, 11) is 0. The van der Waals surface area contributed by atoms with Gasteiger partial charge >= 0.3 is 0 Å². The smallest absolute Gasteiger partial charge is 0.266 e. The van der Waals surface area contributed by atoms with Gasteiger partial charge in [0.05, 0.1) is 10.6 Å². The molecule has 0 fully saturated rings. The summed E-state index contributed by atoms with van der Waals surface area (Å²) in [6, 6.07) is 0. The van der Waals surface area contributed by atoms with Crippen molar-refractivity contribution in [2.45, 2.75) is 6.43 Å². The molecular formula is C7H6ClF2N3O. The van der Waals surface area contributed by atoms with Gasteiger partial charge in [-0.3, -0.25) is 4.79 Å². The van der Waals surface area contributed by atoms with E-state index in [0.717, 1.165) is 6.20 Å². The number of anilines is 1. The number of pyridine rings is 1. The lowest BCUT2D eigenvalue weighted by molar-refractivity contribution is 0.100. The number of hydrogen-bond donors (Lipinski definition) is 2. The number of halogens is 3. The van der Waals surface area contributed by atoms with Crippen molar-refractivity contribution >= 4 is 23.3 Å². The van der Waals surface area contributed by atoms with E-state index < -0.39 is 22.9 Å². The molecule has 4 N–H and O–H groups in total. The lowest BCUT2D eigenvalue weighted by Gasteiger charge is -2.07. The van der Waals surface area contributed by atoms with Crippen molar-refractivity contribution in [1.82, 2.24) is 4.98 Å². The van der Waals surface area contributed by atoms with Gasteiger partial charge < -0.3 is 11.5 Å². The summed E-state index contributed by atoms with van der Waals surface area (Å²) in [6.07, 6.45) is -2.01. The first kappa shape index (κ1) is 10.6. The van der Waals surface area contributed by atoms with Crippen molar-refractivity contribution in [2.24, 2.45) is 5.73 Å². The maximum absolute atomic E-state index is 12.3. The van der Waals surface area contributed by atoms with Gasteiger partial charge in [0.1, 0.15) is 11.4 Å². The molecule has 1 rings (SSSR count). The van der Waals surface area contributed by atoms with E-state index >= 15 is 0 Å². The number of nitrogen functional groups attached to an aromatic ring is 1. The maximum Gasteiger partial charge on any atom is 0.266 e. The molecule has 0 saturated carbocycles. The number of aromatic nitrogens is 1. The van der Waals surface area contributed by atoms with Gasteiger partial charge in [0.2, 0.25) is 0 Å².